The molecule has 98 valence electrons. The van der Waals surface area contributed by atoms with Crippen molar-refractivity contribution in [3.63, 3.8) is 0 Å². The van der Waals surface area contributed by atoms with Gasteiger partial charge in [-0.1, -0.05) is 18.2 Å². The van der Waals surface area contributed by atoms with Crippen molar-refractivity contribution in [3.8, 4) is 5.75 Å². The number of benzene rings is 1. The highest BCUT2D eigenvalue weighted by Crippen LogP contribution is 2.16. The number of hydrogen-bond donors (Lipinski definition) is 1. The summed E-state index contributed by atoms with van der Waals surface area (Å²) in [6.45, 7) is 10.6. The zero-order chi connectivity index (χ0) is 13.5. The van der Waals surface area contributed by atoms with Crippen LogP contribution in [0.1, 0.15) is 24.5 Å². The van der Waals surface area contributed by atoms with Crippen LogP contribution in [-0.2, 0) is 4.79 Å². The van der Waals surface area contributed by atoms with Crippen LogP contribution in [0.4, 0.5) is 0 Å². The topological polar surface area (TPSA) is 38.3 Å². The van der Waals surface area contributed by atoms with E-state index in [0.29, 0.717) is 19.6 Å². The minimum atomic E-state index is -0.0122. The van der Waals surface area contributed by atoms with Gasteiger partial charge < -0.3 is 10.1 Å². The quantitative estimate of drug-likeness (QED) is 0.785. The third kappa shape index (κ3) is 5.04. The van der Waals surface area contributed by atoms with E-state index < -0.39 is 0 Å². The van der Waals surface area contributed by atoms with E-state index in [4.69, 9.17) is 4.74 Å². The first-order valence-corrected chi connectivity index (χ1v) is 6.10. The van der Waals surface area contributed by atoms with Gasteiger partial charge in [0.1, 0.15) is 5.75 Å². The predicted octanol–water partition coefficient (Wildman–Crippen LogP) is 2.76. The van der Waals surface area contributed by atoms with Gasteiger partial charge in [-0.2, -0.15) is 0 Å². The molecule has 0 radical (unpaired) electrons. The SMILES string of the molecule is C=C(C)CNC(=O)CCOc1ccc(C)c(C)c1. The molecule has 1 N–H and O–H groups in total. The molecule has 18 heavy (non-hydrogen) atoms. The smallest absolute Gasteiger partial charge is 0.223 e. The lowest BCUT2D eigenvalue weighted by atomic mass is 10.1. The Hall–Kier alpha value is -1.77. The fourth-order valence-corrected chi connectivity index (χ4v) is 1.40. The molecule has 0 aliphatic carbocycles. The average Bonchev–Trinajstić information content (AvgIpc) is 2.31. The Morgan fingerprint density at radius 3 is 2.67 bits per heavy atom. The first kappa shape index (κ1) is 14.3. The average molecular weight is 247 g/mol. The second kappa shape index (κ2) is 6.84. The molecule has 0 bridgehead atoms. The van der Waals surface area contributed by atoms with Crippen LogP contribution < -0.4 is 10.1 Å². The normalized spacial score (nSPS) is 9.94. The maximum atomic E-state index is 11.4. The number of aryl methyl sites for hydroxylation is 2. The summed E-state index contributed by atoms with van der Waals surface area (Å²) in [5, 5.41) is 2.77. The van der Waals surface area contributed by atoms with Gasteiger partial charge in [-0.3, -0.25) is 4.79 Å². The van der Waals surface area contributed by atoms with Crippen molar-refractivity contribution in [2.24, 2.45) is 0 Å². The van der Waals surface area contributed by atoms with E-state index in [9.17, 15) is 4.79 Å². The van der Waals surface area contributed by atoms with Gasteiger partial charge in [-0.25, -0.2) is 0 Å². The molecule has 1 rings (SSSR count). The summed E-state index contributed by atoms with van der Waals surface area (Å²) >= 11 is 0. The van der Waals surface area contributed by atoms with Crippen LogP contribution in [0.2, 0.25) is 0 Å². The van der Waals surface area contributed by atoms with E-state index in [1.54, 1.807) is 0 Å². The van der Waals surface area contributed by atoms with Crippen LogP contribution in [0.5, 0.6) is 5.75 Å². The number of ether oxygens (including phenoxy) is 1. The third-order valence-corrected chi connectivity index (χ3v) is 2.66. The highest BCUT2D eigenvalue weighted by atomic mass is 16.5. The molecule has 1 aromatic carbocycles. The maximum absolute atomic E-state index is 11.4. The Morgan fingerprint density at radius 1 is 1.33 bits per heavy atom. The van der Waals surface area contributed by atoms with Crippen LogP contribution in [0, 0.1) is 13.8 Å². The molecule has 1 amide bonds. The van der Waals surface area contributed by atoms with Gasteiger partial charge in [0.25, 0.3) is 0 Å². The Morgan fingerprint density at radius 2 is 2.06 bits per heavy atom. The standard InChI is InChI=1S/C15H21NO2/c1-11(2)10-16-15(17)7-8-18-14-6-5-12(3)13(4)9-14/h5-6,9H,1,7-8,10H2,2-4H3,(H,16,17). The molecular formula is C15H21NO2. The first-order chi connectivity index (χ1) is 8.49. The van der Waals surface area contributed by atoms with Crippen molar-refractivity contribution in [2.75, 3.05) is 13.2 Å². The Bertz CT molecular complexity index is 438. The Balaban J connectivity index is 2.30. The van der Waals surface area contributed by atoms with Gasteiger partial charge in [0.05, 0.1) is 13.0 Å². The van der Waals surface area contributed by atoms with Crippen molar-refractivity contribution in [1.29, 1.82) is 0 Å². The number of hydrogen-bond acceptors (Lipinski definition) is 2. The van der Waals surface area contributed by atoms with Gasteiger partial charge in [0, 0.05) is 6.54 Å². The van der Waals surface area contributed by atoms with Gasteiger partial charge >= 0.3 is 0 Å². The monoisotopic (exact) mass is 247 g/mol. The second-order valence-corrected chi connectivity index (χ2v) is 4.58. The zero-order valence-corrected chi connectivity index (χ0v) is 11.4. The molecule has 0 aliphatic heterocycles. The number of nitrogens with one attached hydrogen (secondary N) is 1. The summed E-state index contributed by atoms with van der Waals surface area (Å²) in [7, 11) is 0. The van der Waals surface area contributed by atoms with Gasteiger partial charge in [-0.05, 0) is 44.0 Å². The van der Waals surface area contributed by atoms with Crippen LogP contribution in [0.25, 0.3) is 0 Å². The van der Waals surface area contributed by atoms with E-state index in [-0.39, 0.29) is 5.91 Å². The van der Waals surface area contributed by atoms with Crippen molar-refractivity contribution in [3.05, 3.63) is 41.5 Å². The number of carbonyl (C=O) groups excluding carboxylic acids is 1. The highest BCUT2D eigenvalue weighted by Gasteiger charge is 2.02. The van der Waals surface area contributed by atoms with Crippen LogP contribution in [-0.4, -0.2) is 19.1 Å². The van der Waals surface area contributed by atoms with E-state index in [2.05, 4.69) is 18.8 Å². The lowest BCUT2D eigenvalue weighted by Gasteiger charge is -2.08. The van der Waals surface area contributed by atoms with Crippen molar-refractivity contribution in [2.45, 2.75) is 27.2 Å². The van der Waals surface area contributed by atoms with E-state index in [0.717, 1.165) is 11.3 Å². The van der Waals surface area contributed by atoms with Gasteiger partial charge in [0.15, 0.2) is 0 Å². The molecule has 0 spiro atoms. The lowest BCUT2D eigenvalue weighted by Crippen LogP contribution is -2.26. The third-order valence-electron chi connectivity index (χ3n) is 2.66. The van der Waals surface area contributed by atoms with Crippen molar-refractivity contribution in [1.82, 2.24) is 5.32 Å². The van der Waals surface area contributed by atoms with Crippen LogP contribution in [0.3, 0.4) is 0 Å². The Labute approximate surface area is 109 Å². The van der Waals surface area contributed by atoms with E-state index in [1.165, 1.54) is 11.1 Å². The minimum absolute atomic E-state index is 0.0122. The molecule has 3 heteroatoms. The molecule has 0 atom stereocenters. The number of rotatable bonds is 6. The fourth-order valence-electron chi connectivity index (χ4n) is 1.40. The highest BCUT2D eigenvalue weighted by molar-refractivity contribution is 5.76. The molecule has 3 nitrogen and oxygen atoms in total. The predicted molar refractivity (Wildman–Crippen MR) is 73.9 cm³/mol. The molecule has 0 fully saturated rings. The summed E-state index contributed by atoms with van der Waals surface area (Å²) < 4.78 is 5.54. The summed E-state index contributed by atoms with van der Waals surface area (Å²) in [5.41, 5.74) is 3.37. The molecule has 0 heterocycles. The molecule has 0 aliphatic rings. The van der Waals surface area contributed by atoms with Crippen LogP contribution >= 0.6 is 0 Å². The zero-order valence-electron chi connectivity index (χ0n) is 11.4. The van der Waals surface area contributed by atoms with E-state index in [1.807, 2.05) is 32.0 Å². The van der Waals surface area contributed by atoms with Crippen LogP contribution in [0.15, 0.2) is 30.4 Å². The molecular weight excluding hydrogens is 226 g/mol. The molecule has 0 unspecified atom stereocenters. The minimum Gasteiger partial charge on any atom is -0.493 e. The molecule has 0 saturated heterocycles. The molecule has 0 aromatic heterocycles. The van der Waals surface area contributed by atoms with Gasteiger partial charge in [0.2, 0.25) is 5.91 Å². The largest absolute Gasteiger partial charge is 0.493 e. The fraction of sp³-hybridized carbons (Fsp3) is 0.400. The summed E-state index contributed by atoms with van der Waals surface area (Å²) in [6.07, 6.45) is 0.361. The Kier molecular flexibility index (Phi) is 5.43. The summed E-state index contributed by atoms with van der Waals surface area (Å²) in [6, 6.07) is 5.93. The van der Waals surface area contributed by atoms with Crippen molar-refractivity contribution < 1.29 is 9.53 Å². The molecule has 1 aromatic rings. The molecule has 0 saturated carbocycles. The number of carbonyl (C=O) groups is 1. The van der Waals surface area contributed by atoms with Gasteiger partial charge in [-0.15, -0.1) is 0 Å². The lowest BCUT2D eigenvalue weighted by molar-refractivity contribution is -0.121. The summed E-state index contributed by atoms with van der Waals surface area (Å²) in [5.74, 6) is 0.799. The second-order valence-electron chi connectivity index (χ2n) is 4.58. The number of amides is 1. The summed E-state index contributed by atoms with van der Waals surface area (Å²) in [4.78, 5) is 11.4. The first-order valence-electron chi connectivity index (χ1n) is 6.10. The van der Waals surface area contributed by atoms with Crippen molar-refractivity contribution >= 4 is 5.91 Å². The van der Waals surface area contributed by atoms with E-state index >= 15 is 0 Å². The maximum Gasteiger partial charge on any atom is 0.223 e.